The summed E-state index contributed by atoms with van der Waals surface area (Å²) in [5.74, 6) is 0.296. The minimum Gasteiger partial charge on any atom is -0.340 e. The van der Waals surface area contributed by atoms with Crippen LogP contribution < -0.4 is 5.73 Å². The van der Waals surface area contributed by atoms with E-state index in [0.29, 0.717) is 18.9 Å². The molecule has 1 aromatic rings. The number of amides is 1. The van der Waals surface area contributed by atoms with Crippen LogP contribution in [0.2, 0.25) is 0 Å². The Morgan fingerprint density at radius 3 is 2.38 bits per heavy atom. The molecule has 0 radical (unpaired) electrons. The molecule has 4 nitrogen and oxygen atoms in total. The van der Waals surface area contributed by atoms with E-state index < -0.39 is 0 Å². The molecule has 0 bridgehead atoms. The molecule has 6 heteroatoms. The van der Waals surface area contributed by atoms with Gasteiger partial charge in [-0.25, -0.2) is 0 Å². The van der Waals surface area contributed by atoms with Gasteiger partial charge in [0.05, 0.1) is 0 Å². The van der Waals surface area contributed by atoms with Crippen LogP contribution in [0.1, 0.15) is 50.5 Å². The summed E-state index contributed by atoms with van der Waals surface area (Å²) in [5, 5.41) is 0. The molecule has 0 atom stereocenters. The number of hydrogen-bond acceptors (Lipinski definition) is 3. The Kier molecular flexibility index (Phi) is 9.94. The minimum absolute atomic E-state index is 0. The molecule has 0 unspecified atom stereocenters. The van der Waals surface area contributed by atoms with Crippen molar-refractivity contribution in [3.05, 3.63) is 35.9 Å². The summed E-state index contributed by atoms with van der Waals surface area (Å²) in [5.41, 5.74) is 7.14. The molecule has 1 aliphatic heterocycles. The highest BCUT2D eigenvalue weighted by Gasteiger charge is 2.43. The highest BCUT2D eigenvalue weighted by molar-refractivity contribution is 5.85. The largest absolute Gasteiger partial charge is 0.340 e. The summed E-state index contributed by atoms with van der Waals surface area (Å²) >= 11 is 0. The SMILES string of the molecule is Cl.Cl.NCCCC(=O)N1CCN(Cc2ccccc2)C2(CCCCC2)C1. The first kappa shape index (κ1) is 23.2. The topological polar surface area (TPSA) is 49.6 Å². The lowest BCUT2D eigenvalue weighted by atomic mass is 9.78. The van der Waals surface area contributed by atoms with Gasteiger partial charge in [0.15, 0.2) is 0 Å². The standard InChI is InChI=1S/C20H31N3O.2ClH/c21-13-7-10-19(24)22-14-15-23(16-18-8-3-1-4-9-18)20(17-22)11-5-2-6-12-20;;/h1,3-4,8-9H,2,5-7,10-17,21H2;2*1H. The predicted octanol–water partition coefficient (Wildman–Crippen LogP) is 3.62. The Balaban J connectivity index is 0.00000169. The van der Waals surface area contributed by atoms with Gasteiger partial charge in [0.1, 0.15) is 0 Å². The molecule has 1 amide bonds. The maximum absolute atomic E-state index is 12.5. The molecule has 1 aromatic carbocycles. The van der Waals surface area contributed by atoms with Gasteiger partial charge in [-0.3, -0.25) is 9.69 Å². The van der Waals surface area contributed by atoms with Crippen LogP contribution in [-0.4, -0.2) is 47.4 Å². The summed E-state index contributed by atoms with van der Waals surface area (Å²) in [4.78, 5) is 17.3. The van der Waals surface area contributed by atoms with Crippen LogP contribution in [-0.2, 0) is 11.3 Å². The molecule has 1 aliphatic carbocycles. The number of halogens is 2. The van der Waals surface area contributed by atoms with E-state index in [1.807, 2.05) is 0 Å². The predicted molar refractivity (Wildman–Crippen MR) is 112 cm³/mol. The van der Waals surface area contributed by atoms with Crippen molar-refractivity contribution >= 4 is 30.7 Å². The summed E-state index contributed by atoms with van der Waals surface area (Å²) in [6.45, 7) is 4.36. The number of carbonyl (C=O) groups excluding carboxylic acids is 1. The number of benzene rings is 1. The number of rotatable bonds is 5. The normalized spacial score (nSPS) is 19.5. The Morgan fingerprint density at radius 2 is 1.73 bits per heavy atom. The van der Waals surface area contributed by atoms with Crippen molar-refractivity contribution in [3.63, 3.8) is 0 Å². The summed E-state index contributed by atoms with van der Waals surface area (Å²) in [6.07, 6.45) is 7.76. The minimum atomic E-state index is 0. The molecule has 0 aromatic heterocycles. The van der Waals surface area contributed by atoms with E-state index in [-0.39, 0.29) is 30.4 Å². The van der Waals surface area contributed by atoms with Gasteiger partial charge in [-0.1, -0.05) is 49.6 Å². The van der Waals surface area contributed by atoms with Crippen molar-refractivity contribution in [2.75, 3.05) is 26.2 Å². The second kappa shape index (κ2) is 11.1. The zero-order chi connectivity index (χ0) is 16.8. The van der Waals surface area contributed by atoms with E-state index in [0.717, 1.165) is 32.6 Å². The Morgan fingerprint density at radius 1 is 1.04 bits per heavy atom. The Labute approximate surface area is 170 Å². The van der Waals surface area contributed by atoms with Crippen molar-refractivity contribution in [3.8, 4) is 0 Å². The third kappa shape index (κ3) is 5.59. The van der Waals surface area contributed by atoms with Crippen molar-refractivity contribution in [2.24, 2.45) is 5.73 Å². The molecule has 1 saturated carbocycles. The van der Waals surface area contributed by atoms with E-state index in [1.165, 1.54) is 37.7 Å². The lowest BCUT2D eigenvalue weighted by molar-refractivity contribution is -0.138. The molecule has 3 rings (SSSR count). The van der Waals surface area contributed by atoms with Gasteiger partial charge in [-0.2, -0.15) is 0 Å². The number of hydrogen-bond donors (Lipinski definition) is 1. The molecule has 26 heavy (non-hydrogen) atoms. The maximum Gasteiger partial charge on any atom is 0.222 e. The molecular formula is C20H33Cl2N3O. The molecule has 1 saturated heterocycles. The molecule has 1 heterocycles. The fourth-order valence-electron chi connectivity index (χ4n) is 4.37. The average molecular weight is 402 g/mol. The summed E-state index contributed by atoms with van der Waals surface area (Å²) in [6, 6.07) is 10.8. The maximum atomic E-state index is 12.5. The number of carbonyl (C=O) groups is 1. The number of piperazine rings is 1. The van der Waals surface area contributed by atoms with Crippen LogP contribution in [0.4, 0.5) is 0 Å². The fraction of sp³-hybridized carbons (Fsp3) is 0.650. The first-order valence-corrected chi connectivity index (χ1v) is 9.50. The van der Waals surface area contributed by atoms with Gasteiger partial charge in [-0.15, -0.1) is 24.8 Å². The van der Waals surface area contributed by atoms with Gasteiger partial charge >= 0.3 is 0 Å². The zero-order valence-electron chi connectivity index (χ0n) is 15.6. The quantitative estimate of drug-likeness (QED) is 0.819. The molecule has 2 aliphatic rings. The van der Waals surface area contributed by atoms with Crippen LogP contribution >= 0.6 is 24.8 Å². The molecule has 148 valence electrons. The Hall–Kier alpha value is -0.810. The van der Waals surface area contributed by atoms with Gasteiger partial charge in [0.2, 0.25) is 5.91 Å². The van der Waals surface area contributed by atoms with Crippen LogP contribution in [0.15, 0.2) is 30.3 Å². The van der Waals surface area contributed by atoms with Gasteiger partial charge in [-0.05, 0) is 31.4 Å². The molecule has 2 fully saturated rings. The second-order valence-corrected chi connectivity index (χ2v) is 7.40. The third-order valence-electron chi connectivity index (χ3n) is 5.74. The van der Waals surface area contributed by atoms with E-state index in [4.69, 9.17) is 5.73 Å². The second-order valence-electron chi connectivity index (χ2n) is 7.40. The van der Waals surface area contributed by atoms with E-state index >= 15 is 0 Å². The van der Waals surface area contributed by atoms with E-state index in [9.17, 15) is 4.79 Å². The highest BCUT2D eigenvalue weighted by Crippen LogP contribution is 2.37. The van der Waals surface area contributed by atoms with Crippen molar-refractivity contribution < 1.29 is 4.79 Å². The lowest BCUT2D eigenvalue weighted by Gasteiger charge is -2.53. The Bertz CT molecular complexity index is 535. The van der Waals surface area contributed by atoms with Gasteiger partial charge in [0, 0.05) is 38.1 Å². The highest BCUT2D eigenvalue weighted by atomic mass is 35.5. The smallest absolute Gasteiger partial charge is 0.222 e. The van der Waals surface area contributed by atoms with Crippen molar-refractivity contribution in [1.82, 2.24) is 9.80 Å². The van der Waals surface area contributed by atoms with E-state index in [1.54, 1.807) is 0 Å². The van der Waals surface area contributed by atoms with Gasteiger partial charge < -0.3 is 10.6 Å². The monoisotopic (exact) mass is 401 g/mol. The van der Waals surface area contributed by atoms with Crippen LogP contribution in [0.3, 0.4) is 0 Å². The van der Waals surface area contributed by atoms with Crippen LogP contribution in [0, 0.1) is 0 Å². The number of nitrogens with two attached hydrogens (primary N) is 1. The van der Waals surface area contributed by atoms with Crippen LogP contribution in [0.25, 0.3) is 0 Å². The molecule has 1 spiro atoms. The number of nitrogens with zero attached hydrogens (tertiary/aromatic N) is 2. The van der Waals surface area contributed by atoms with Crippen LogP contribution in [0.5, 0.6) is 0 Å². The van der Waals surface area contributed by atoms with E-state index in [2.05, 4.69) is 40.1 Å². The fourth-order valence-corrected chi connectivity index (χ4v) is 4.37. The summed E-state index contributed by atoms with van der Waals surface area (Å²) in [7, 11) is 0. The van der Waals surface area contributed by atoms with Crippen molar-refractivity contribution in [2.45, 2.75) is 57.0 Å². The lowest BCUT2D eigenvalue weighted by Crippen LogP contribution is -2.63. The molecular weight excluding hydrogens is 369 g/mol. The van der Waals surface area contributed by atoms with Gasteiger partial charge in [0.25, 0.3) is 0 Å². The zero-order valence-corrected chi connectivity index (χ0v) is 17.2. The first-order chi connectivity index (χ1) is 11.7. The average Bonchev–Trinajstić information content (AvgIpc) is 2.63. The summed E-state index contributed by atoms with van der Waals surface area (Å²) < 4.78 is 0. The molecule has 2 N–H and O–H groups in total. The first-order valence-electron chi connectivity index (χ1n) is 9.50. The third-order valence-corrected chi connectivity index (χ3v) is 5.74. The van der Waals surface area contributed by atoms with Crippen molar-refractivity contribution in [1.29, 1.82) is 0 Å².